The Hall–Kier alpha value is -1.82. The number of aryl methyl sites for hydroxylation is 2. The van der Waals surface area contributed by atoms with Gasteiger partial charge in [0.25, 0.3) is 5.22 Å². The lowest BCUT2D eigenvalue weighted by atomic mass is 9.75. The van der Waals surface area contributed by atoms with Crippen LogP contribution in [0.1, 0.15) is 51.2 Å². The van der Waals surface area contributed by atoms with Crippen LogP contribution in [0.3, 0.4) is 0 Å². The molecule has 0 N–H and O–H groups in total. The number of nitrogens with zero attached hydrogens (tertiary/aromatic N) is 2. The molecule has 0 radical (unpaired) electrons. The van der Waals surface area contributed by atoms with Gasteiger partial charge in [-0.15, -0.1) is 10.2 Å². The molecular weight excluding hydrogens is 372 g/mol. The number of hydrogen-bond donors (Lipinski definition) is 0. The molecule has 152 valence electrons. The smallest absolute Gasteiger partial charge is 0.316 e. The van der Waals surface area contributed by atoms with Gasteiger partial charge in [-0.25, -0.2) is 0 Å². The van der Waals surface area contributed by atoms with Crippen molar-refractivity contribution in [2.24, 2.45) is 17.8 Å². The lowest BCUT2D eigenvalue weighted by Crippen LogP contribution is -2.36. The van der Waals surface area contributed by atoms with Crippen LogP contribution in [0, 0.1) is 31.6 Å². The standard InChI is InChI=1S/C22H30N2O3S/c1-13(2)18-7-6-14(3)11-19(18)26-20(25)12-28-22-24-23-21(27-22)17-9-15(4)8-16(5)10-17/h8-10,13-14,18-19H,6-7,11-12H2,1-5H3/t14-,18+,19-/m0/s1. The predicted octanol–water partition coefficient (Wildman–Crippen LogP) is 5.45. The van der Waals surface area contributed by atoms with Crippen molar-refractivity contribution in [2.75, 3.05) is 5.75 Å². The van der Waals surface area contributed by atoms with Crippen molar-refractivity contribution in [1.29, 1.82) is 0 Å². The Morgan fingerprint density at radius 1 is 1.21 bits per heavy atom. The second-order valence-electron chi connectivity index (χ2n) is 8.39. The number of thioether (sulfide) groups is 1. The highest BCUT2D eigenvalue weighted by Gasteiger charge is 2.33. The van der Waals surface area contributed by atoms with E-state index in [0.29, 0.717) is 28.9 Å². The third-order valence-corrected chi connectivity index (χ3v) is 6.22. The first-order chi connectivity index (χ1) is 13.3. The molecule has 1 heterocycles. The van der Waals surface area contributed by atoms with Crippen LogP contribution in [0.5, 0.6) is 0 Å². The van der Waals surface area contributed by atoms with Gasteiger partial charge >= 0.3 is 5.97 Å². The van der Waals surface area contributed by atoms with Crippen molar-refractivity contribution in [1.82, 2.24) is 10.2 Å². The van der Waals surface area contributed by atoms with Crippen molar-refractivity contribution in [3.63, 3.8) is 0 Å². The fourth-order valence-corrected chi connectivity index (χ4v) is 4.60. The van der Waals surface area contributed by atoms with Crippen molar-refractivity contribution >= 4 is 17.7 Å². The molecule has 1 aliphatic carbocycles. The summed E-state index contributed by atoms with van der Waals surface area (Å²) < 4.78 is 11.6. The summed E-state index contributed by atoms with van der Waals surface area (Å²) in [7, 11) is 0. The molecule has 3 atom stereocenters. The maximum absolute atomic E-state index is 12.4. The third kappa shape index (κ3) is 5.37. The lowest BCUT2D eigenvalue weighted by molar-refractivity contribution is -0.152. The van der Waals surface area contributed by atoms with E-state index in [1.165, 1.54) is 18.2 Å². The van der Waals surface area contributed by atoms with E-state index in [1.807, 2.05) is 26.0 Å². The van der Waals surface area contributed by atoms with Crippen LogP contribution < -0.4 is 0 Å². The third-order valence-electron chi connectivity index (χ3n) is 5.43. The summed E-state index contributed by atoms with van der Waals surface area (Å²) in [6, 6.07) is 6.13. The molecule has 0 spiro atoms. The fraction of sp³-hybridized carbons (Fsp3) is 0.591. The molecule has 28 heavy (non-hydrogen) atoms. The number of benzene rings is 1. The molecule has 0 amide bonds. The van der Waals surface area contributed by atoms with Gasteiger partial charge in [0, 0.05) is 5.56 Å². The largest absolute Gasteiger partial charge is 0.461 e. The van der Waals surface area contributed by atoms with Crippen molar-refractivity contribution in [3.05, 3.63) is 29.3 Å². The van der Waals surface area contributed by atoms with Crippen LogP contribution in [0.2, 0.25) is 0 Å². The van der Waals surface area contributed by atoms with Gasteiger partial charge in [-0.3, -0.25) is 4.79 Å². The van der Waals surface area contributed by atoms with Crippen LogP contribution in [-0.4, -0.2) is 28.0 Å². The Morgan fingerprint density at radius 3 is 2.61 bits per heavy atom. The molecule has 2 aromatic rings. The fourth-order valence-electron chi connectivity index (χ4n) is 4.06. The first-order valence-corrected chi connectivity index (χ1v) is 11.0. The van der Waals surface area contributed by atoms with Gasteiger partial charge in [-0.2, -0.15) is 0 Å². The zero-order valence-corrected chi connectivity index (χ0v) is 18.2. The molecule has 0 bridgehead atoms. The monoisotopic (exact) mass is 402 g/mol. The quantitative estimate of drug-likeness (QED) is 0.473. The van der Waals surface area contributed by atoms with E-state index in [0.717, 1.165) is 29.5 Å². The van der Waals surface area contributed by atoms with Crippen LogP contribution in [0.25, 0.3) is 11.5 Å². The highest BCUT2D eigenvalue weighted by atomic mass is 32.2. The van der Waals surface area contributed by atoms with Crippen LogP contribution in [0.4, 0.5) is 0 Å². The van der Waals surface area contributed by atoms with Crippen molar-refractivity contribution in [2.45, 2.75) is 65.2 Å². The minimum atomic E-state index is -0.207. The van der Waals surface area contributed by atoms with E-state index in [4.69, 9.17) is 9.15 Å². The minimum Gasteiger partial charge on any atom is -0.461 e. The molecule has 1 fully saturated rings. The molecule has 1 saturated carbocycles. The van der Waals surface area contributed by atoms with Crippen LogP contribution in [0.15, 0.2) is 27.8 Å². The Morgan fingerprint density at radius 2 is 1.93 bits per heavy atom. The van der Waals surface area contributed by atoms with E-state index in [-0.39, 0.29) is 17.8 Å². The summed E-state index contributed by atoms with van der Waals surface area (Å²) in [5, 5.41) is 8.57. The molecule has 1 aliphatic rings. The van der Waals surface area contributed by atoms with Gasteiger partial charge in [0.2, 0.25) is 5.89 Å². The zero-order valence-electron chi connectivity index (χ0n) is 17.4. The van der Waals surface area contributed by atoms with E-state index in [9.17, 15) is 4.79 Å². The molecule has 5 nitrogen and oxygen atoms in total. The zero-order chi connectivity index (χ0) is 20.3. The molecule has 0 saturated heterocycles. The lowest BCUT2D eigenvalue weighted by Gasteiger charge is -2.36. The Balaban J connectivity index is 1.57. The van der Waals surface area contributed by atoms with E-state index < -0.39 is 0 Å². The summed E-state index contributed by atoms with van der Waals surface area (Å²) in [5.41, 5.74) is 3.19. The molecule has 1 aromatic carbocycles. The van der Waals surface area contributed by atoms with Crippen LogP contribution in [-0.2, 0) is 9.53 Å². The topological polar surface area (TPSA) is 65.2 Å². The molecule has 0 unspecified atom stereocenters. The minimum absolute atomic E-state index is 0.0189. The maximum Gasteiger partial charge on any atom is 0.316 e. The summed E-state index contributed by atoms with van der Waals surface area (Å²) >= 11 is 1.24. The number of carbonyl (C=O) groups is 1. The van der Waals surface area contributed by atoms with Gasteiger partial charge in [0.15, 0.2) is 0 Å². The van der Waals surface area contributed by atoms with Crippen molar-refractivity contribution in [3.8, 4) is 11.5 Å². The van der Waals surface area contributed by atoms with Gasteiger partial charge < -0.3 is 9.15 Å². The maximum atomic E-state index is 12.4. The van der Waals surface area contributed by atoms with E-state index in [1.54, 1.807) is 0 Å². The van der Waals surface area contributed by atoms with Gasteiger partial charge in [-0.05, 0) is 56.6 Å². The van der Waals surface area contributed by atoms with E-state index in [2.05, 4.69) is 37.0 Å². The number of hydrogen-bond acceptors (Lipinski definition) is 6. The average Bonchev–Trinajstić information content (AvgIpc) is 3.08. The molecule has 0 aliphatic heterocycles. The molecule has 1 aromatic heterocycles. The highest BCUT2D eigenvalue weighted by Crippen LogP contribution is 2.35. The van der Waals surface area contributed by atoms with Gasteiger partial charge in [0.1, 0.15) is 11.9 Å². The summed E-state index contributed by atoms with van der Waals surface area (Å²) in [4.78, 5) is 12.4. The summed E-state index contributed by atoms with van der Waals surface area (Å²) in [5.74, 6) is 2.03. The first kappa shape index (κ1) is 20.9. The number of ether oxygens (including phenoxy) is 1. The number of rotatable bonds is 6. The average molecular weight is 403 g/mol. The second kappa shape index (κ2) is 9.12. The summed E-state index contributed by atoms with van der Waals surface area (Å²) in [6.07, 6.45) is 3.32. The van der Waals surface area contributed by atoms with Gasteiger partial charge in [0.05, 0.1) is 0 Å². The number of aromatic nitrogens is 2. The highest BCUT2D eigenvalue weighted by molar-refractivity contribution is 7.99. The Bertz CT molecular complexity index is 798. The number of carbonyl (C=O) groups excluding carboxylic acids is 1. The Labute approximate surface area is 171 Å². The normalized spacial score (nSPS) is 22.4. The van der Waals surface area contributed by atoms with Crippen molar-refractivity contribution < 1.29 is 13.9 Å². The molecule has 3 rings (SSSR count). The molecular formula is C22H30N2O3S. The SMILES string of the molecule is Cc1cc(C)cc(-c2nnc(SCC(=O)O[C@H]3C[C@@H](C)CC[C@@H]3C(C)C)o2)c1. The summed E-state index contributed by atoms with van der Waals surface area (Å²) in [6.45, 7) is 10.7. The predicted molar refractivity (Wildman–Crippen MR) is 111 cm³/mol. The van der Waals surface area contributed by atoms with Crippen LogP contribution >= 0.6 is 11.8 Å². The molecule has 6 heteroatoms. The first-order valence-electron chi connectivity index (χ1n) is 10.1. The second-order valence-corrected chi connectivity index (χ2v) is 9.32. The van der Waals surface area contributed by atoms with E-state index >= 15 is 0 Å². The Kier molecular flexibility index (Phi) is 6.81. The van der Waals surface area contributed by atoms with Gasteiger partial charge in [-0.1, -0.05) is 56.1 Å². The number of esters is 1.